The molecule has 0 N–H and O–H groups in total. The molecule has 0 spiro atoms. The molecule has 4 atom stereocenters. The summed E-state index contributed by atoms with van der Waals surface area (Å²) in [6.45, 7) is 2.88. The molecule has 0 radical (unpaired) electrons. The molecule has 179 valence electrons. The molecule has 32 heavy (non-hydrogen) atoms. The van der Waals surface area contributed by atoms with Gasteiger partial charge in [0.2, 0.25) is 0 Å². The predicted octanol–water partition coefficient (Wildman–Crippen LogP) is 2.89. The number of methoxy groups -OCH3 is 1. The summed E-state index contributed by atoms with van der Waals surface area (Å²) in [6.07, 6.45) is 3.20. The van der Waals surface area contributed by atoms with Crippen molar-refractivity contribution in [2.75, 3.05) is 51.1 Å². The minimum atomic E-state index is -0.105. The minimum absolute atomic E-state index is 0.0975. The van der Waals surface area contributed by atoms with E-state index in [1.165, 1.54) is 12.7 Å². The molecule has 0 saturated carbocycles. The monoisotopic (exact) mass is 602 g/mol. The van der Waals surface area contributed by atoms with E-state index in [4.69, 9.17) is 57.7 Å². The molecule has 2 aliphatic heterocycles. The van der Waals surface area contributed by atoms with Gasteiger partial charge in [-0.05, 0) is 63.6 Å². The van der Waals surface area contributed by atoms with Gasteiger partial charge in [0.25, 0.3) is 0 Å². The summed E-state index contributed by atoms with van der Waals surface area (Å²) in [5.74, 6) is 2.35. The normalized spacial score (nSPS) is 24.3. The Hall–Kier alpha value is 0.399. The molecular weight excluding hydrogens is 571 g/mol. The van der Waals surface area contributed by atoms with Crippen molar-refractivity contribution in [2.45, 2.75) is 37.3 Å². The summed E-state index contributed by atoms with van der Waals surface area (Å²) in [5, 5.41) is 0.727. The van der Waals surface area contributed by atoms with Crippen LogP contribution >= 0.6 is 11.6 Å². The van der Waals surface area contributed by atoms with Crippen LogP contribution in [0.25, 0.3) is 0 Å². The number of halogens is 1. The van der Waals surface area contributed by atoms with Crippen LogP contribution in [0, 0.1) is 5.92 Å². The fourth-order valence-corrected chi connectivity index (χ4v) is 5.66. The average molecular weight is 603 g/mol. The first kappa shape index (κ1) is 30.4. The van der Waals surface area contributed by atoms with E-state index in [2.05, 4.69) is 9.80 Å². The summed E-state index contributed by atoms with van der Waals surface area (Å²) in [6, 6.07) is 8.70. The van der Waals surface area contributed by atoms with Crippen molar-refractivity contribution in [3.8, 4) is 0 Å². The first-order chi connectivity index (χ1) is 15.5. The van der Waals surface area contributed by atoms with E-state index in [1.54, 1.807) is 0 Å². The van der Waals surface area contributed by atoms with Gasteiger partial charge >= 0.3 is 28.3 Å². The van der Waals surface area contributed by atoms with Crippen molar-refractivity contribution in [3.05, 3.63) is 34.9 Å². The van der Waals surface area contributed by atoms with E-state index in [0.29, 0.717) is 11.8 Å². The maximum absolute atomic E-state index is 12.5. The zero-order valence-corrected chi connectivity index (χ0v) is 23.6. The second-order valence-corrected chi connectivity index (χ2v) is 9.56. The van der Waals surface area contributed by atoms with Crippen molar-refractivity contribution >= 4 is 55.5 Å². The number of carbonyl (C=O) groups excluding carboxylic acids is 1. The van der Waals surface area contributed by atoms with Crippen molar-refractivity contribution in [1.82, 2.24) is 9.80 Å². The molecule has 2 fully saturated rings. The topological polar surface area (TPSA) is 49.9 Å². The Morgan fingerprint density at radius 1 is 1.12 bits per heavy atom. The molecule has 1 aromatic carbocycles. The zero-order valence-electron chi connectivity index (χ0n) is 18.6. The Balaban J connectivity index is 0.000000436. The number of benzene rings is 1. The Bertz CT molecular complexity index is 668. The molecule has 2 heterocycles. The second-order valence-electron chi connectivity index (χ2n) is 7.89. The molecule has 2 aliphatic rings. The van der Waals surface area contributed by atoms with Crippen LogP contribution < -0.4 is 0 Å². The number of fused-ring (bicyclic) bond motifs is 2. The third-order valence-electron chi connectivity index (χ3n) is 6.13. The third kappa shape index (κ3) is 8.88. The van der Waals surface area contributed by atoms with E-state index in [1.807, 2.05) is 31.3 Å². The number of rotatable bonds is 8. The molecule has 2 bridgehead atoms. The van der Waals surface area contributed by atoms with Gasteiger partial charge in [0.15, 0.2) is 0 Å². The summed E-state index contributed by atoms with van der Waals surface area (Å²) < 4.78 is 13.3. The van der Waals surface area contributed by atoms with Crippen LogP contribution in [-0.4, -0.2) is 78.9 Å². The van der Waals surface area contributed by atoms with Gasteiger partial charge in [0.1, 0.15) is 0 Å². The van der Waals surface area contributed by atoms with Gasteiger partial charge in [-0.2, -0.15) is 17.3 Å². The van der Waals surface area contributed by atoms with Crippen LogP contribution in [-0.2, 0) is 69.8 Å². The molecular formula is C22H32ClN2O3S3Tc+. The van der Waals surface area contributed by atoms with E-state index in [0.717, 1.165) is 74.3 Å². The van der Waals surface area contributed by atoms with Gasteiger partial charge in [0, 0.05) is 23.0 Å². The van der Waals surface area contributed by atoms with Crippen LogP contribution in [0.1, 0.15) is 30.7 Å². The van der Waals surface area contributed by atoms with E-state index < -0.39 is 0 Å². The number of hydrogen-bond acceptors (Lipinski definition) is 8. The van der Waals surface area contributed by atoms with Crippen LogP contribution in [0.15, 0.2) is 24.3 Å². The Kier molecular flexibility index (Phi) is 16.1. The predicted molar refractivity (Wildman–Crippen MR) is 133 cm³/mol. The van der Waals surface area contributed by atoms with Gasteiger partial charge in [-0.15, -0.1) is 0 Å². The summed E-state index contributed by atoms with van der Waals surface area (Å²) in [5.41, 5.74) is 1.19. The van der Waals surface area contributed by atoms with Crippen molar-refractivity contribution in [2.24, 2.45) is 5.92 Å². The van der Waals surface area contributed by atoms with Gasteiger partial charge in [-0.3, -0.25) is 9.69 Å². The summed E-state index contributed by atoms with van der Waals surface area (Å²) >= 11 is 21.6. The van der Waals surface area contributed by atoms with Crippen molar-refractivity contribution in [3.63, 3.8) is 0 Å². The van der Waals surface area contributed by atoms with Crippen molar-refractivity contribution < 1.29 is 31.9 Å². The quantitative estimate of drug-likeness (QED) is 0.333. The number of carbonyl (C=O) groups is 1. The SMILES string of the molecule is CN(CC[S-])CC[S-].COC(=O)[C@@H]1C2CCC(C[C@@H]1c1ccc(Cl)cc1)N2CC[S-].[O]=[99Tc+4]. The van der Waals surface area contributed by atoms with E-state index in [9.17, 15) is 4.79 Å². The molecule has 1 aromatic rings. The van der Waals surface area contributed by atoms with Crippen LogP contribution in [0.3, 0.4) is 0 Å². The number of piperidine rings is 1. The standard InChI is InChI=1S/C17H22ClNO2S.C5H13NS2.O.Tc/c1-21-17(20)16-14(11-2-4-12(18)5-3-11)10-13-6-7-15(16)19(13)8-9-22;1-6(2-4-7)3-5-8;;/h2-5,13-16,22H,6-10H2,1H3;7-8H,2-5H2,1H3;;/q;;;+4/p-3/t13?,14-,15?,16+;;;/m1.../s1/i;;;1+1. The number of nitrogens with zero attached hydrogens (tertiary/aromatic N) is 2. The van der Waals surface area contributed by atoms with Gasteiger partial charge in [0.05, 0.1) is 13.0 Å². The first-order valence-corrected chi connectivity index (χ1v) is 13.5. The van der Waals surface area contributed by atoms with Crippen LogP contribution in [0.5, 0.6) is 0 Å². The molecule has 0 amide bonds. The second kappa shape index (κ2) is 16.9. The number of ether oxygens (including phenoxy) is 1. The van der Waals surface area contributed by atoms with Gasteiger partial charge in [-0.1, -0.05) is 23.7 Å². The van der Waals surface area contributed by atoms with Gasteiger partial charge < -0.3 is 47.5 Å². The molecule has 5 nitrogen and oxygen atoms in total. The molecule has 2 unspecified atom stereocenters. The summed E-state index contributed by atoms with van der Waals surface area (Å²) in [4.78, 5) is 17.1. The number of hydrogen-bond donors (Lipinski definition) is 0. The Morgan fingerprint density at radius 3 is 2.22 bits per heavy atom. The molecule has 0 aliphatic carbocycles. The number of esters is 1. The zero-order chi connectivity index (χ0) is 24.1. The molecule has 2 saturated heterocycles. The van der Waals surface area contributed by atoms with E-state index in [-0.39, 0.29) is 23.8 Å². The fourth-order valence-electron chi connectivity index (χ4n) is 4.70. The van der Waals surface area contributed by atoms with Crippen molar-refractivity contribution in [1.29, 1.82) is 0 Å². The van der Waals surface area contributed by atoms with E-state index >= 15 is 0 Å². The average Bonchev–Trinajstić information content (AvgIpc) is 3.07. The molecule has 3 rings (SSSR count). The Morgan fingerprint density at radius 2 is 1.72 bits per heavy atom. The fraction of sp³-hybridized carbons (Fsp3) is 0.682. The molecule has 0 aromatic heterocycles. The summed E-state index contributed by atoms with van der Waals surface area (Å²) in [7, 11) is 3.53. The van der Waals surface area contributed by atoms with Crippen LogP contribution in [0.2, 0.25) is 5.02 Å². The van der Waals surface area contributed by atoms with Crippen LogP contribution in [0.4, 0.5) is 0 Å². The molecule has 10 heteroatoms. The Labute approximate surface area is 225 Å². The maximum atomic E-state index is 12.5. The third-order valence-corrected chi connectivity index (χ3v) is 6.93. The first-order valence-electron chi connectivity index (χ1n) is 10.6. The van der Waals surface area contributed by atoms with Gasteiger partial charge in [-0.25, -0.2) is 0 Å².